The third kappa shape index (κ3) is 5.96. The van der Waals surface area contributed by atoms with Crippen LogP contribution in [0.4, 0.5) is 10.3 Å². The second kappa shape index (κ2) is 11.6. The minimum atomic E-state index is -0.944. The highest BCUT2D eigenvalue weighted by molar-refractivity contribution is 5.82. The number of carbonyl (C=O) groups excluding carboxylic acids is 1. The highest BCUT2D eigenvalue weighted by atomic mass is 19.1. The molecule has 2 aromatic heterocycles. The molecule has 3 N–H and O–H groups in total. The van der Waals surface area contributed by atoms with Crippen LogP contribution in [0.3, 0.4) is 0 Å². The Morgan fingerprint density at radius 2 is 1.95 bits per heavy atom. The zero-order valence-corrected chi connectivity index (χ0v) is 21.2. The fourth-order valence-electron chi connectivity index (χ4n) is 3.92. The van der Waals surface area contributed by atoms with Crippen molar-refractivity contribution in [3.8, 4) is 22.6 Å². The third-order valence-corrected chi connectivity index (χ3v) is 5.95. The minimum absolute atomic E-state index is 0.0728. The number of ether oxygens (including phenoxy) is 2. The summed E-state index contributed by atoms with van der Waals surface area (Å²) in [5, 5.41) is 13.0. The van der Waals surface area contributed by atoms with Crippen LogP contribution < -0.4 is 5.32 Å². The van der Waals surface area contributed by atoms with Crippen LogP contribution in [0.15, 0.2) is 36.5 Å². The van der Waals surface area contributed by atoms with Crippen molar-refractivity contribution in [2.24, 2.45) is 5.41 Å². The van der Waals surface area contributed by atoms with E-state index in [4.69, 9.17) is 19.4 Å². The van der Waals surface area contributed by atoms with E-state index in [2.05, 4.69) is 25.3 Å². The van der Waals surface area contributed by atoms with E-state index in [1.165, 1.54) is 30.5 Å². The van der Waals surface area contributed by atoms with Gasteiger partial charge in [0.25, 0.3) is 5.91 Å². The molecule has 0 spiro atoms. The molecule has 13 heteroatoms. The van der Waals surface area contributed by atoms with E-state index in [1.54, 1.807) is 32.0 Å². The number of hydrogen-bond donors (Lipinski definition) is 3. The van der Waals surface area contributed by atoms with Crippen molar-refractivity contribution < 1.29 is 33.4 Å². The van der Waals surface area contributed by atoms with Crippen molar-refractivity contribution in [1.29, 1.82) is 0 Å². The molecule has 0 atom stereocenters. The maximum absolute atomic E-state index is 13.6. The number of hydroxylamine groups is 2. The van der Waals surface area contributed by atoms with Crippen molar-refractivity contribution in [2.45, 2.75) is 26.6 Å². The summed E-state index contributed by atoms with van der Waals surface area (Å²) in [6.45, 7) is 4.22. The van der Waals surface area contributed by atoms with E-state index in [1.807, 2.05) is 0 Å². The molecule has 202 valence electrons. The van der Waals surface area contributed by atoms with E-state index in [0.29, 0.717) is 35.0 Å². The number of anilines is 1. The lowest BCUT2D eigenvalue weighted by Crippen LogP contribution is -2.49. The number of aromatic nitrogens is 4. The molecular formula is C25H29FN6O6. The van der Waals surface area contributed by atoms with Gasteiger partial charge < -0.3 is 24.9 Å². The molecule has 3 aromatic rings. The maximum atomic E-state index is 13.6. The highest BCUT2D eigenvalue weighted by Crippen LogP contribution is 2.36. The van der Waals surface area contributed by atoms with Gasteiger partial charge in [-0.2, -0.15) is 0 Å². The van der Waals surface area contributed by atoms with Crippen LogP contribution >= 0.6 is 0 Å². The van der Waals surface area contributed by atoms with Gasteiger partial charge >= 0.3 is 5.97 Å². The summed E-state index contributed by atoms with van der Waals surface area (Å²) in [7, 11) is 1.43. The molecule has 0 unspecified atom stereocenters. The molecule has 0 bridgehead atoms. The first kappa shape index (κ1) is 27.1. The van der Waals surface area contributed by atoms with Crippen molar-refractivity contribution in [2.75, 3.05) is 38.7 Å². The topological polar surface area (TPSA) is 152 Å². The lowest BCUT2D eigenvalue weighted by atomic mass is 9.90. The van der Waals surface area contributed by atoms with Gasteiger partial charge in [0.15, 0.2) is 5.82 Å². The van der Waals surface area contributed by atoms with Crippen molar-refractivity contribution in [1.82, 2.24) is 25.0 Å². The molecule has 1 aromatic carbocycles. The number of nitrogens with zero attached hydrogens (tertiary/aromatic N) is 4. The quantitative estimate of drug-likeness (QED) is 0.335. The SMILES string of the molecule is CCN(OC)C(=O)C1(C)COC(c2nc(-c3ccc(F)cc3)c(-c3ccnc(NCCC(=O)O)n3)[nH]2)OC1. The highest BCUT2D eigenvalue weighted by Gasteiger charge is 2.43. The number of imidazole rings is 1. The molecule has 1 aliphatic rings. The van der Waals surface area contributed by atoms with Gasteiger partial charge in [0.05, 0.1) is 49.2 Å². The van der Waals surface area contributed by atoms with E-state index in [-0.39, 0.29) is 38.0 Å². The van der Waals surface area contributed by atoms with Gasteiger partial charge in [0.2, 0.25) is 12.2 Å². The number of benzene rings is 1. The molecule has 0 aliphatic carbocycles. The number of nitrogens with one attached hydrogen (secondary N) is 2. The van der Waals surface area contributed by atoms with Gasteiger partial charge in [-0.1, -0.05) is 0 Å². The summed E-state index contributed by atoms with van der Waals surface area (Å²) in [6, 6.07) is 7.50. The average Bonchev–Trinajstić information content (AvgIpc) is 3.36. The Hall–Kier alpha value is -3.94. The van der Waals surface area contributed by atoms with E-state index in [9.17, 15) is 14.0 Å². The Morgan fingerprint density at radius 3 is 2.58 bits per heavy atom. The molecule has 1 saturated heterocycles. The Kier molecular flexibility index (Phi) is 8.29. The van der Waals surface area contributed by atoms with Gasteiger partial charge in [-0.15, -0.1) is 0 Å². The van der Waals surface area contributed by atoms with Gasteiger partial charge in [-0.25, -0.2) is 24.4 Å². The van der Waals surface area contributed by atoms with Crippen LogP contribution in [0.25, 0.3) is 22.6 Å². The number of amides is 1. The van der Waals surface area contributed by atoms with E-state index in [0.717, 1.165) is 0 Å². The Balaban J connectivity index is 1.62. The monoisotopic (exact) mass is 528 g/mol. The number of hydrogen-bond acceptors (Lipinski definition) is 9. The van der Waals surface area contributed by atoms with Crippen LogP contribution in [-0.4, -0.2) is 75.4 Å². The summed E-state index contributed by atoms with van der Waals surface area (Å²) in [4.78, 5) is 45.3. The normalized spacial score (nSPS) is 19.2. The predicted molar refractivity (Wildman–Crippen MR) is 133 cm³/mol. The number of H-pyrrole nitrogens is 1. The zero-order chi connectivity index (χ0) is 27.3. The summed E-state index contributed by atoms with van der Waals surface area (Å²) in [6.07, 6.45) is 0.539. The Labute approximate surface area is 218 Å². The van der Waals surface area contributed by atoms with Gasteiger partial charge in [-0.05, 0) is 44.2 Å². The molecule has 0 radical (unpaired) electrons. The fraction of sp³-hybridized carbons (Fsp3) is 0.400. The Morgan fingerprint density at radius 1 is 1.24 bits per heavy atom. The molecule has 12 nitrogen and oxygen atoms in total. The number of aromatic amines is 1. The number of carboxylic acids is 1. The largest absolute Gasteiger partial charge is 0.481 e. The van der Waals surface area contributed by atoms with Crippen molar-refractivity contribution >= 4 is 17.8 Å². The molecule has 4 rings (SSSR count). The number of halogens is 1. The van der Waals surface area contributed by atoms with Crippen LogP contribution in [0.1, 0.15) is 32.4 Å². The first-order chi connectivity index (χ1) is 18.2. The smallest absolute Gasteiger partial charge is 0.305 e. The van der Waals surface area contributed by atoms with Gasteiger partial charge in [-0.3, -0.25) is 14.4 Å². The standard InChI is InChI=1S/C25H29FN6O6/c1-4-32(36-3)23(35)25(2)13-37-22(38-14-25)21-30-19(15-5-7-16(26)8-6-15)20(31-21)17-9-11-27-24(29-17)28-12-10-18(33)34/h5-9,11,22H,4,10,12-14H2,1-3H3,(H,30,31)(H,33,34)(H,27,28,29). The van der Waals surface area contributed by atoms with Crippen LogP contribution in [0.2, 0.25) is 0 Å². The van der Waals surface area contributed by atoms with E-state index >= 15 is 0 Å². The van der Waals surface area contributed by atoms with Gasteiger partial charge in [0, 0.05) is 24.8 Å². The second-order valence-corrected chi connectivity index (χ2v) is 8.89. The zero-order valence-electron chi connectivity index (χ0n) is 21.2. The maximum Gasteiger partial charge on any atom is 0.305 e. The third-order valence-electron chi connectivity index (χ3n) is 5.95. The summed E-state index contributed by atoms with van der Waals surface area (Å²) in [5.41, 5.74) is 1.12. The van der Waals surface area contributed by atoms with Crippen molar-refractivity contribution in [3.63, 3.8) is 0 Å². The molecular weight excluding hydrogens is 499 g/mol. The molecule has 38 heavy (non-hydrogen) atoms. The van der Waals surface area contributed by atoms with Crippen LogP contribution in [0, 0.1) is 11.2 Å². The Bertz CT molecular complexity index is 1270. The van der Waals surface area contributed by atoms with Crippen LogP contribution in [-0.2, 0) is 23.9 Å². The predicted octanol–water partition coefficient (Wildman–Crippen LogP) is 3.02. The summed E-state index contributed by atoms with van der Waals surface area (Å²) in [5.74, 6) is -1.01. The lowest BCUT2D eigenvalue weighted by Gasteiger charge is -2.37. The fourth-order valence-corrected chi connectivity index (χ4v) is 3.92. The van der Waals surface area contributed by atoms with Gasteiger partial charge in [0.1, 0.15) is 5.82 Å². The first-order valence-corrected chi connectivity index (χ1v) is 12.0. The number of aliphatic carboxylic acids is 1. The minimum Gasteiger partial charge on any atom is -0.481 e. The van der Waals surface area contributed by atoms with Crippen LogP contribution in [0.5, 0.6) is 0 Å². The first-order valence-electron chi connectivity index (χ1n) is 12.0. The molecule has 1 amide bonds. The number of rotatable bonds is 10. The van der Waals surface area contributed by atoms with Crippen molar-refractivity contribution in [3.05, 3.63) is 48.2 Å². The summed E-state index contributed by atoms with van der Waals surface area (Å²) < 4.78 is 25.5. The lowest BCUT2D eigenvalue weighted by molar-refractivity contribution is -0.246. The molecule has 1 fully saturated rings. The number of carbonyl (C=O) groups is 2. The molecule has 0 saturated carbocycles. The number of carboxylic acid groups (broad SMARTS) is 1. The van der Waals surface area contributed by atoms with E-state index < -0.39 is 23.5 Å². The molecule has 1 aliphatic heterocycles. The molecule has 3 heterocycles. The average molecular weight is 529 g/mol. The summed E-state index contributed by atoms with van der Waals surface area (Å²) >= 11 is 0. The second-order valence-electron chi connectivity index (χ2n) is 8.89.